The molecule has 4 rings (SSSR count). The van der Waals surface area contributed by atoms with Gasteiger partial charge in [0.25, 0.3) is 0 Å². The number of ether oxygens (including phenoxy) is 1. The Morgan fingerprint density at radius 2 is 2.22 bits per heavy atom. The number of allylic oxidation sites excluding steroid dienone is 3. The quantitative estimate of drug-likeness (QED) is 0.716. The zero-order valence-corrected chi connectivity index (χ0v) is 12.8. The standard InChI is InChI=1S/C19H16N2O2/c1-22-16-7-4-13(5-8-16)18-12-23-19(21-18)15-6-9-17-14(11-15)3-2-10-20-17/h2-4,6-13H,5H2,1H3. The van der Waals surface area contributed by atoms with E-state index >= 15 is 0 Å². The number of oxazole rings is 1. The van der Waals surface area contributed by atoms with Crippen molar-refractivity contribution in [3.63, 3.8) is 0 Å². The van der Waals surface area contributed by atoms with Gasteiger partial charge in [-0.25, -0.2) is 4.98 Å². The Kier molecular flexibility index (Phi) is 3.42. The first-order chi connectivity index (χ1) is 11.3. The third kappa shape index (κ3) is 2.63. The van der Waals surface area contributed by atoms with E-state index in [1.54, 1.807) is 19.6 Å². The van der Waals surface area contributed by atoms with Gasteiger partial charge in [0.1, 0.15) is 12.0 Å². The molecule has 0 spiro atoms. The number of pyridine rings is 1. The number of fused-ring (bicyclic) bond motifs is 1. The predicted molar refractivity (Wildman–Crippen MR) is 88.8 cm³/mol. The molecule has 4 heteroatoms. The van der Waals surface area contributed by atoms with Gasteiger partial charge in [0.15, 0.2) is 0 Å². The van der Waals surface area contributed by atoms with E-state index in [4.69, 9.17) is 9.15 Å². The Hall–Kier alpha value is -2.88. The molecule has 0 saturated heterocycles. The normalized spacial score (nSPS) is 17.3. The lowest BCUT2D eigenvalue weighted by Crippen LogP contribution is -2.00. The first kappa shape index (κ1) is 13.8. The fourth-order valence-electron chi connectivity index (χ4n) is 2.77. The highest BCUT2D eigenvalue weighted by atomic mass is 16.5. The highest BCUT2D eigenvalue weighted by Gasteiger charge is 2.16. The monoisotopic (exact) mass is 304 g/mol. The molecular weight excluding hydrogens is 288 g/mol. The first-order valence-corrected chi connectivity index (χ1v) is 7.56. The molecule has 3 aromatic rings. The highest BCUT2D eigenvalue weighted by molar-refractivity contribution is 5.82. The van der Waals surface area contributed by atoms with Gasteiger partial charge in [-0.15, -0.1) is 0 Å². The smallest absolute Gasteiger partial charge is 0.226 e. The van der Waals surface area contributed by atoms with Gasteiger partial charge in [-0.2, -0.15) is 0 Å². The number of aromatic nitrogens is 2. The molecule has 1 atom stereocenters. The molecular formula is C19H16N2O2. The summed E-state index contributed by atoms with van der Waals surface area (Å²) in [6.07, 6.45) is 10.6. The summed E-state index contributed by atoms with van der Waals surface area (Å²) in [5.74, 6) is 1.76. The molecule has 0 aliphatic heterocycles. The van der Waals surface area contributed by atoms with Crippen LogP contribution in [0.4, 0.5) is 0 Å². The van der Waals surface area contributed by atoms with Crippen molar-refractivity contribution in [2.45, 2.75) is 12.3 Å². The summed E-state index contributed by atoms with van der Waals surface area (Å²) in [5, 5.41) is 1.08. The van der Waals surface area contributed by atoms with Gasteiger partial charge >= 0.3 is 0 Å². The number of nitrogens with zero attached hydrogens (tertiary/aromatic N) is 2. The predicted octanol–water partition coefficient (Wildman–Crippen LogP) is 4.46. The van der Waals surface area contributed by atoms with E-state index in [0.717, 1.165) is 34.3 Å². The van der Waals surface area contributed by atoms with E-state index in [1.165, 1.54) is 0 Å². The first-order valence-electron chi connectivity index (χ1n) is 7.56. The summed E-state index contributed by atoms with van der Waals surface area (Å²) in [7, 11) is 1.68. The Morgan fingerprint density at radius 1 is 1.26 bits per heavy atom. The Balaban J connectivity index is 1.62. The van der Waals surface area contributed by atoms with Crippen molar-refractivity contribution in [1.82, 2.24) is 9.97 Å². The molecule has 0 saturated carbocycles. The fraction of sp³-hybridized carbons (Fsp3) is 0.158. The zero-order valence-electron chi connectivity index (χ0n) is 12.8. The fourth-order valence-corrected chi connectivity index (χ4v) is 2.77. The molecule has 1 aliphatic carbocycles. The highest BCUT2D eigenvalue weighted by Crippen LogP contribution is 2.29. The second-order valence-electron chi connectivity index (χ2n) is 5.50. The summed E-state index contributed by atoms with van der Waals surface area (Å²) in [4.78, 5) is 8.98. The third-order valence-corrected chi connectivity index (χ3v) is 4.05. The molecule has 23 heavy (non-hydrogen) atoms. The van der Waals surface area contributed by atoms with Gasteiger partial charge in [0.05, 0.1) is 18.3 Å². The van der Waals surface area contributed by atoms with E-state index in [0.29, 0.717) is 5.89 Å². The lowest BCUT2D eigenvalue weighted by molar-refractivity contribution is 0.303. The van der Waals surface area contributed by atoms with Crippen LogP contribution in [0.3, 0.4) is 0 Å². The van der Waals surface area contributed by atoms with Crippen LogP contribution in [0, 0.1) is 0 Å². The molecule has 0 fully saturated rings. The summed E-state index contributed by atoms with van der Waals surface area (Å²) in [6.45, 7) is 0. The maximum Gasteiger partial charge on any atom is 0.226 e. The van der Waals surface area contributed by atoms with Gasteiger partial charge in [0, 0.05) is 23.1 Å². The third-order valence-electron chi connectivity index (χ3n) is 4.05. The van der Waals surface area contributed by atoms with Crippen molar-refractivity contribution in [2.24, 2.45) is 0 Å². The minimum atomic E-state index is 0.230. The van der Waals surface area contributed by atoms with E-state index in [-0.39, 0.29) is 5.92 Å². The van der Waals surface area contributed by atoms with Crippen LogP contribution in [0.15, 0.2) is 71.2 Å². The van der Waals surface area contributed by atoms with E-state index in [2.05, 4.69) is 28.2 Å². The lowest BCUT2D eigenvalue weighted by atomic mass is 9.97. The summed E-state index contributed by atoms with van der Waals surface area (Å²) in [5.41, 5.74) is 2.87. The molecule has 2 aromatic heterocycles. The Bertz CT molecular complexity index is 908. The van der Waals surface area contributed by atoms with Gasteiger partial charge in [-0.1, -0.05) is 12.1 Å². The van der Waals surface area contributed by atoms with Crippen molar-refractivity contribution < 1.29 is 9.15 Å². The molecule has 0 amide bonds. The molecule has 1 aliphatic rings. The molecule has 0 bridgehead atoms. The van der Waals surface area contributed by atoms with Crippen molar-refractivity contribution in [1.29, 1.82) is 0 Å². The molecule has 4 nitrogen and oxygen atoms in total. The second kappa shape index (κ2) is 5.72. The SMILES string of the molecule is COC1=CCC(c2coc(-c3ccc4ncccc4c3)n2)C=C1. The van der Waals surface area contributed by atoms with Crippen LogP contribution in [0.2, 0.25) is 0 Å². The average Bonchev–Trinajstić information content (AvgIpc) is 3.11. The summed E-state index contributed by atoms with van der Waals surface area (Å²) < 4.78 is 10.9. The van der Waals surface area contributed by atoms with Crippen LogP contribution in [-0.4, -0.2) is 17.1 Å². The van der Waals surface area contributed by atoms with Crippen molar-refractivity contribution in [3.05, 3.63) is 72.5 Å². The maximum atomic E-state index is 5.69. The van der Waals surface area contributed by atoms with Crippen molar-refractivity contribution >= 4 is 10.9 Å². The van der Waals surface area contributed by atoms with Crippen LogP contribution in [-0.2, 0) is 4.74 Å². The van der Waals surface area contributed by atoms with Crippen molar-refractivity contribution in [2.75, 3.05) is 7.11 Å². The molecule has 114 valence electrons. The molecule has 0 radical (unpaired) electrons. The Morgan fingerprint density at radius 3 is 3.04 bits per heavy atom. The summed E-state index contributed by atoms with van der Waals surface area (Å²) >= 11 is 0. The molecule has 1 aromatic carbocycles. The van der Waals surface area contributed by atoms with Crippen LogP contribution in [0.1, 0.15) is 18.0 Å². The van der Waals surface area contributed by atoms with Crippen LogP contribution >= 0.6 is 0 Å². The van der Waals surface area contributed by atoms with E-state index in [1.807, 2.05) is 30.3 Å². The number of hydrogen-bond acceptors (Lipinski definition) is 4. The Labute approximate surface area is 134 Å². The maximum absolute atomic E-state index is 5.69. The second-order valence-corrected chi connectivity index (χ2v) is 5.50. The number of benzene rings is 1. The molecule has 1 unspecified atom stereocenters. The van der Waals surface area contributed by atoms with E-state index in [9.17, 15) is 0 Å². The van der Waals surface area contributed by atoms with Gasteiger partial charge in [-0.05, 0) is 42.8 Å². The molecule has 0 N–H and O–H groups in total. The van der Waals surface area contributed by atoms with Crippen LogP contribution in [0.5, 0.6) is 0 Å². The number of hydrogen-bond donors (Lipinski definition) is 0. The number of rotatable bonds is 3. The zero-order chi connectivity index (χ0) is 15.6. The number of methoxy groups -OCH3 is 1. The van der Waals surface area contributed by atoms with Gasteiger partial charge in [-0.3, -0.25) is 4.98 Å². The van der Waals surface area contributed by atoms with Crippen LogP contribution < -0.4 is 0 Å². The largest absolute Gasteiger partial charge is 0.497 e. The minimum absolute atomic E-state index is 0.230. The van der Waals surface area contributed by atoms with Crippen LogP contribution in [0.25, 0.3) is 22.4 Å². The minimum Gasteiger partial charge on any atom is -0.497 e. The van der Waals surface area contributed by atoms with Gasteiger partial charge in [0.2, 0.25) is 5.89 Å². The topological polar surface area (TPSA) is 48.2 Å². The summed E-state index contributed by atoms with van der Waals surface area (Å²) in [6, 6.07) is 10.0. The van der Waals surface area contributed by atoms with Gasteiger partial charge < -0.3 is 9.15 Å². The van der Waals surface area contributed by atoms with E-state index < -0.39 is 0 Å². The molecule has 2 heterocycles. The lowest BCUT2D eigenvalue weighted by Gasteiger charge is -2.12. The average molecular weight is 304 g/mol. The van der Waals surface area contributed by atoms with Crippen molar-refractivity contribution in [3.8, 4) is 11.5 Å².